The summed E-state index contributed by atoms with van der Waals surface area (Å²) in [4.78, 5) is 19.4. The minimum atomic E-state index is -0.873. The monoisotopic (exact) mass is 458 g/mol. The Morgan fingerprint density at radius 3 is 2.26 bits per heavy atom. The van der Waals surface area contributed by atoms with E-state index in [1.807, 2.05) is 38.1 Å². The van der Waals surface area contributed by atoms with Gasteiger partial charge in [-0.15, -0.1) is 0 Å². The highest BCUT2D eigenvalue weighted by molar-refractivity contribution is 8.24. The number of thioether (sulfide) groups is 1. The summed E-state index contributed by atoms with van der Waals surface area (Å²) >= 11 is 7.02. The predicted octanol–water partition coefficient (Wildman–Crippen LogP) is 4.52. The number of ether oxygens (including phenoxy) is 1. The molecule has 164 valence electrons. The van der Waals surface area contributed by atoms with Crippen LogP contribution in [0.15, 0.2) is 53.5 Å². The van der Waals surface area contributed by atoms with Crippen molar-refractivity contribution in [3.63, 3.8) is 0 Å². The number of hydrogen-bond acceptors (Lipinski definition) is 5. The molecule has 1 atom stereocenters. The van der Waals surface area contributed by atoms with Gasteiger partial charge in [-0.05, 0) is 47.2 Å². The van der Waals surface area contributed by atoms with E-state index < -0.39 is 5.41 Å². The number of anilines is 1. The predicted molar refractivity (Wildman–Crippen MR) is 130 cm³/mol. The summed E-state index contributed by atoms with van der Waals surface area (Å²) in [6.45, 7) is 6.92. The normalized spacial score (nSPS) is 16.1. The molecular formula is C23H27ClN4O2S. The molecule has 0 spiro atoms. The molecule has 1 saturated heterocycles. The molecule has 1 fully saturated rings. The van der Waals surface area contributed by atoms with Crippen molar-refractivity contribution < 1.29 is 9.53 Å². The highest BCUT2D eigenvalue weighted by Crippen LogP contribution is 2.42. The fourth-order valence-corrected chi connectivity index (χ4v) is 4.22. The number of nitrogens with two attached hydrogens (primary N) is 1. The molecule has 6 nitrogen and oxygen atoms in total. The van der Waals surface area contributed by atoms with E-state index in [-0.39, 0.29) is 17.0 Å². The van der Waals surface area contributed by atoms with Gasteiger partial charge in [0.15, 0.2) is 5.17 Å². The Labute approximate surface area is 192 Å². The van der Waals surface area contributed by atoms with Crippen LogP contribution < -0.4 is 10.6 Å². The molecule has 0 aliphatic carbocycles. The SMILES string of the molecule is CC(C)(C(=O)N=C(N)SC=N)C(c1ccc(Cl)cc1)c1ccc(N2CCOCC2)cc1. The average Bonchev–Trinajstić information content (AvgIpc) is 2.76. The fourth-order valence-electron chi connectivity index (χ4n) is 3.83. The third-order valence-corrected chi connectivity index (χ3v) is 6.17. The second-order valence-corrected chi connectivity index (χ2v) is 9.21. The number of hydrogen-bond donors (Lipinski definition) is 2. The first kappa shape index (κ1) is 23.3. The summed E-state index contributed by atoms with van der Waals surface area (Å²) < 4.78 is 5.44. The van der Waals surface area contributed by atoms with Gasteiger partial charge in [0.1, 0.15) is 0 Å². The molecule has 3 rings (SSSR count). The van der Waals surface area contributed by atoms with Crippen molar-refractivity contribution in [1.29, 1.82) is 5.41 Å². The van der Waals surface area contributed by atoms with Crippen LogP contribution in [0.5, 0.6) is 0 Å². The summed E-state index contributed by atoms with van der Waals surface area (Å²) in [5.74, 6) is -0.589. The van der Waals surface area contributed by atoms with E-state index in [0.29, 0.717) is 5.02 Å². The minimum absolute atomic E-state index is 0.0607. The van der Waals surface area contributed by atoms with Crippen LogP contribution in [0, 0.1) is 10.8 Å². The molecular weight excluding hydrogens is 432 g/mol. The van der Waals surface area contributed by atoms with Gasteiger partial charge < -0.3 is 20.8 Å². The number of aliphatic imine (C=N–C) groups is 1. The number of halogens is 1. The van der Waals surface area contributed by atoms with E-state index in [1.54, 1.807) is 0 Å². The van der Waals surface area contributed by atoms with Gasteiger partial charge in [0, 0.05) is 29.7 Å². The number of amidine groups is 1. The third-order valence-electron chi connectivity index (χ3n) is 5.47. The number of morpholine rings is 1. The topological polar surface area (TPSA) is 91.8 Å². The standard InChI is InChI=1S/C23H27ClN4O2S/c1-23(2,21(29)27-22(26)31-15-25)20(16-3-7-18(24)8-4-16)17-5-9-19(10-6-17)28-11-13-30-14-12-28/h3-10,15,20,25H,11-14H2,1-2H3,(H2,26,27,29). The van der Waals surface area contributed by atoms with Crippen molar-refractivity contribution in [3.8, 4) is 0 Å². The van der Waals surface area contributed by atoms with Crippen LogP contribution in [-0.2, 0) is 9.53 Å². The second-order valence-electron chi connectivity index (χ2n) is 7.89. The van der Waals surface area contributed by atoms with Crippen LogP contribution in [0.25, 0.3) is 0 Å². The molecule has 3 N–H and O–H groups in total. The molecule has 1 amide bonds. The molecule has 1 unspecified atom stereocenters. The Kier molecular flexibility index (Phi) is 7.75. The maximum Gasteiger partial charge on any atom is 0.254 e. The maximum absolute atomic E-state index is 13.1. The summed E-state index contributed by atoms with van der Waals surface area (Å²) in [5, 5.41) is 7.85. The van der Waals surface area contributed by atoms with Crippen molar-refractivity contribution in [2.75, 3.05) is 31.2 Å². The van der Waals surface area contributed by atoms with E-state index >= 15 is 0 Å². The van der Waals surface area contributed by atoms with Crippen LogP contribution >= 0.6 is 23.4 Å². The highest BCUT2D eigenvalue weighted by Gasteiger charge is 2.39. The maximum atomic E-state index is 13.1. The average molecular weight is 459 g/mol. The van der Waals surface area contributed by atoms with Gasteiger partial charge in [-0.1, -0.05) is 49.7 Å². The summed E-state index contributed by atoms with van der Waals surface area (Å²) in [7, 11) is 0. The number of rotatable bonds is 6. The number of carbonyl (C=O) groups is 1. The van der Waals surface area contributed by atoms with Crippen molar-refractivity contribution in [2.24, 2.45) is 16.1 Å². The van der Waals surface area contributed by atoms with Gasteiger partial charge in [0.2, 0.25) is 0 Å². The van der Waals surface area contributed by atoms with Crippen LogP contribution in [-0.4, -0.2) is 42.9 Å². The van der Waals surface area contributed by atoms with E-state index in [0.717, 1.165) is 60.4 Å². The first-order valence-corrected chi connectivity index (χ1v) is 11.3. The van der Waals surface area contributed by atoms with Gasteiger partial charge in [-0.25, -0.2) is 0 Å². The minimum Gasteiger partial charge on any atom is -0.378 e. The lowest BCUT2D eigenvalue weighted by molar-refractivity contribution is -0.126. The molecule has 8 heteroatoms. The molecule has 2 aromatic rings. The zero-order valence-corrected chi connectivity index (χ0v) is 19.2. The molecule has 2 aromatic carbocycles. The number of benzene rings is 2. The molecule has 0 bridgehead atoms. The number of amides is 1. The van der Waals surface area contributed by atoms with Crippen LogP contribution in [0.2, 0.25) is 5.02 Å². The van der Waals surface area contributed by atoms with Gasteiger partial charge in [-0.2, -0.15) is 4.99 Å². The lowest BCUT2D eigenvalue weighted by Crippen LogP contribution is -2.36. The Morgan fingerprint density at radius 2 is 1.71 bits per heavy atom. The number of nitrogens with one attached hydrogen (secondary N) is 1. The van der Waals surface area contributed by atoms with E-state index in [9.17, 15) is 4.79 Å². The van der Waals surface area contributed by atoms with Crippen molar-refractivity contribution in [2.45, 2.75) is 19.8 Å². The Hall–Kier alpha value is -2.35. The third kappa shape index (κ3) is 5.67. The quantitative estimate of drug-likeness (QED) is 0.490. The summed E-state index contributed by atoms with van der Waals surface area (Å²) in [6.07, 6.45) is 0. The van der Waals surface area contributed by atoms with Crippen LogP contribution in [0.4, 0.5) is 5.69 Å². The van der Waals surface area contributed by atoms with Crippen molar-refractivity contribution >= 4 is 45.7 Å². The van der Waals surface area contributed by atoms with E-state index in [2.05, 4.69) is 34.2 Å². The van der Waals surface area contributed by atoms with Gasteiger partial charge >= 0.3 is 0 Å². The largest absolute Gasteiger partial charge is 0.378 e. The molecule has 0 saturated carbocycles. The second kappa shape index (κ2) is 10.3. The molecule has 1 heterocycles. The van der Waals surface area contributed by atoms with E-state index in [1.165, 1.54) is 0 Å². The van der Waals surface area contributed by atoms with Crippen molar-refractivity contribution in [3.05, 3.63) is 64.7 Å². The smallest absolute Gasteiger partial charge is 0.254 e. The Morgan fingerprint density at radius 1 is 1.16 bits per heavy atom. The molecule has 0 radical (unpaired) electrons. The zero-order valence-electron chi connectivity index (χ0n) is 17.7. The summed E-state index contributed by atoms with van der Waals surface area (Å²) in [5.41, 5.74) is 9.08. The van der Waals surface area contributed by atoms with Crippen LogP contribution in [0.1, 0.15) is 30.9 Å². The lowest BCUT2D eigenvalue weighted by Gasteiger charge is -2.33. The molecule has 1 aliphatic rings. The van der Waals surface area contributed by atoms with Gasteiger partial charge in [0.05, 0.1) is 24.2 Å². The van der Waals surface area contributed by atoms with E-state index in [4.69, 9.17) is 27.5 Å². The zero-order chi connectivity index (χ0) is 22.4. The highest BCUT2D eigenvalue weighted by atomic mass is 35.5. The van der Waals surface area contributed by atoms with Gasteiger partial charge in [-0.3, -0.25) is 4.79 Å². The Bertz CT molecular complexity index is 939. The van der Waals surface area contributed by atoms with Crippen LogP contribution in [0.3, 0.4) is 0 Å². The first-order chi connectivity index (χ1) is 14.8. The molecule has 1 aliphatic heterocycles. The number of carbonyl (C=O) groups excluding carboxylic acids is 1. The molecule has 0 aromatic heterocycles. The van der Waals surface area contributed by atoms with Gasteiger partial charge in [0.25, 0.3) is 5.91 Å². The number of nitrogens with zero attached hydrogens (tertiary/aromatic N) is 2. The summed E-state index contributed by atoms with van der Waals surface area (Å²) in [6, 6.07) is 15.9. The first-order valence-electron chi connectivity index (χ1n) is 10.0. The van der Waals surface area contributed by atoms with Crippen molar-refractivity contribution in [1.82, 2.24) is 0 Å². The molecule has 31 heavy (non-hydrogen) atoms. The Balaban J connectivity index is 1.98. The fraction of sp³-hybridized carbons (Fsp3) is 0.348. The lowest BCUT2D eigenvalue weighted by atomic mass is 9.70.